The van der Waals surface area contributed by atoms with E-state index in [-0.39, 0.29) is 23.5 Å². The van der Waals surface area contributed by atoms with Crippen LogP contribution in [0.15, 0.2) is 23.1 Å². The van der Waals surface area contributed by atoms with Crippen LogP contribution < -0.4 is 10.5 Å². The molecule has 0 aliphatic carbocycles. The van der Waals surface area contributed by atoms with Gasteiger partial charge in [-0.1, -0.05) is 0 Å². The van der Waals surface area contributed by atoms with Crippen molar-refractivity contribution in [1.82, 2.24) is 4.72 Å². The highest BCUT2D eigenvalue weighted by Gasteiger charge is 2.24. The summed E-state index contributed by atoms with van der Waals surface area (Å²) in [7, 11) is -2.37. The summed E-state index contributed by atoms with van der Waals surface area (Å²) in [5.74, 6) is -0.684. The molecule has 0 bridgehead atoms. The fraction of sp³-hybridized carbons (Fsp3) is 0.500. The quantitative estimate of drug-likeness (QED) is 0.636. The second kappa shape index (κ2) is 6.49. The van der Waals surface area contributed by atoms with Gasteiger partial charge in [0.2, 0.25) is 10.0 Å². The van der Waals surface area contributed by atoms with Crippen LogP contribution in [0, 0.1) is 5.82 Å². The van der Waals surface area contributed by atoms with Crippen molar-refractivity contribution < 1.29 is 22.7 Å². The number of anilines is 1. The van der Waals surface area contributed by atoms with E-state index >= 15 is 0 Å². The highest BCUT2D eigenvalue weighted by Crippen LogP contribution is 2.17. The largest absolute Gasteiger partial charge is 0.396 e. The lowest BCUT2D eigenvalue weighted by Crippen LogP contribution is -2.41. The van der Waals surface area contributed by atoms with E-state index in [0.717, 1.165) is 18.2 Å². The van der Waals surface area contributed by atoms with Crippen LogP contribution in [-0.2, 0) is 14.8 Å². The van der Waals surface area contributed by atoms with Gasteiger partial charge in [0.25, 0.3) is 0 Å². The predicted molar refractivity (Wildman–Crippen MR) is 73.1 cm³/mol. The van der Waals surface area contributed by atoms with Gasteiger partial charge >= 0.3 is 0 Å². The van der Waals surface area contributed by atoms with E-state index in [0.29, 0.717) is 6.61 Å². The van der Waals surface area contributed by atoms with Crippen LogP contribution in [0.25, 0.3) is 0 Å². The molecular weight excluding hydrogens is 287 g/mol. The predicted octanol–water partition coefficient (Wildman–Crippen LogP) is 0.474. The summed E-state index contributed by atoms with van der Waals surface area (Å²) in [6, 6.07) is 3.12. The number of aliphatic hydroxyl groups is 1. The Labute approximate surface area is 117 Å². The second-order valence-electron chi connectivity index (χ2n) is 4.75. The molecule has 20 heavy (non-hydrogen) atoms. The lowest BCUT2D eigenvalue weighted by atomic mass is 10.0. The van der Waals surface area contributed by atoms with Crippen LogP contribution in [0.5, 0.6) is 0 Å². The number of rotatable bonds is 7. The molecule has 0 radical (unpaired) electrons. The molecule has 8 heteroatoms. The number of hydrogen-bond donors (Lipinski definition) is 3. The zero-order valence-electron chi connectivity index (χ0n) is 11.4. The van der Waals surface area contributed by atoms with Gasteiger partial charge in [-0.25, -0.2) is 17.5 Å². The van der Waals surface area contributed by atoms with E-state index in [1.54, 1.807) is 0 Å². The number of methoxy groups -OCH3 is 1. The van der Waals surface area contributed by atoms with Gasteiger partial charge in [-0.2, -0.15) is 0 Å². The van der Waals surface area contributed by atoms with Crippen LogP contribution in [0.4, 0.5) is 10.1 Å². The van der Waals surface area contributed by atoms with Crippen molar-refractivity contribution in [3.63, 3.8) is 0 Å². The number of nitrogens with one attached hydrogen (secondary N) is 1. The Morgan fingerprint density at radius 2 is 2.15 bits per heavy atom. The van der Waals surface area contributed by atoms with Gasteiger partial charge in [0.15, 0.2) is 0 Å². The standard InChI is InChI=1S/C12H19FN2O4S/c1-12(16,5-6-19-2)8-15-20(17,18)9-3-4-10(13)11(14)7-9/h3-4,7,15-16H,5-6,8,14H2,1-2H3. The molecule has 1 rings (SSSR count). The first-order valence-electron chi connectivity index (χ1n) is 5.94. The van der Waals surface area contributed by atoms with E-state index in [4.69, 9.17) is 10.5 Å². The molecule has 6 nitrogen and oxygen atoms in total. The molecule has 1 aromatic carbocycles. The molecule has 4 N–H and O–H groups in total. The van der Waals surface area contributed by atoms with Crippen molar-refractivity contribution in [1.29, 1.82) is 0 Å². The van der Waals surface area contributed by atoms with Crippen LogP contribution in [-0.4, -0.2) is 39.4 Å². The average Bonchev–Trinajstić information content (AvgIpc) is 2.37. The van der Waals surface area contributed by atoms with Gasteiger partial charge in [-0.15, -0.1) is 0 Å². The monoisotopic (exact) mass is 306 g/mol. The van der Waals surface area contributed by atoms with Gasteiger partial charge in [0, 0.05) is 26.7 Å². The molecule has 0 aromatic heterocycles. The minimum absolute atomic E-state index is 0.154. The molecule has 0 saturated carbocycles. The Morgan fingerprint density at radius 3 is 2.70 bits per heavy atom. The first-order valence-corrected chi connectivity index (χ1v) is 7.42. The lowest BCUT2D eigenvalue weighted by molar-refractivity contribution is 0.0292. The zero-order valence-corrected chi connectivity index (χ0v) is 12.2. The SMILES string of the molecule is COCCC(C)(O)CNS(=O)(=O)c1ccc(F)c(N)c1. The Balaban J connectivity index is 2.77. The molecular formula is C12H19FN2O4S. The third-order valence-electron chi connectivity index (χ3n) is 2.77. The summed E-state index contributed by atoms with van der Waals surface area (Å²) in [5, 5.41) is 9.96. The topological polar surface area (TPSA) is 102 Å². The van der Waals surface area contributed by atoms with Crippen molar-refractivity contribution in [3.05, 3.63) is 24.0 Å². The van der Waals surface area contributed by atoms with Gasteiger partial charge in [-0.05, 0) is 25.1 Å². The first-order chi connectivity index (χ1) is 9.18. The first kappa shape index (κ1) is 16.8. The van der Waals surface area contributed by atoms with E-state index in [1.807, 2.05) is 0 Å². The maximum atomic E-state index is 13.0. The van der Waals surface area contributed by atoms with E-state index in [9.17, 15) is 17.9 Å². The zero-order chi connectivity index (χ0) is 15.4. The number of halogens is 1. The van der Waals surface area contributed by atoms with Crippen molar-refractivity contribution in [3.8, 4) is 0 Å². The fourth-order valence-electron chi connectivity index (χ4n) is 1.43. The molecule has 0 aliphatic rings. The highest BCUT2D eigenvalue weighted by atomic mass is 32.2. The summed E-state index contributed by atoms with van der Waals surface area (Å²) in [6.45, 7) is 1.61. The normalized spacial score (nSPS) is 15.0. The molecule has 0 aliphatic heterocycles. The van der Waals surface area contributed by atoms with Crippen molar-refractivity contribution >= 4 is 15.7 Å². The molecule has 1 atom stereocenters. The number of ether oxygens (including phenoxy) is 1. The number of benzene rings is 1. The van der Waals surface area contributed by atoms with Gasteiger partial charge in [-0.3, -0.25) is 0 Å². The van der Waals surface area contributed by atoms with E-state index < -0.39 is 21.4 Å². The second-order valence-corrected chi connectivity index (χ2v) is 6.51. The molecule has 0 amide bonds. The number of hydrogen-bond acceptors (Lipinski definition) is 5. The smallest absolute Gasteiger partial charge is 0.240 e. The Morgan fingerprint density at radius 1 is 1.50 bits per heavy atom. The highest BCUT2D eigenvalue weighted by molar-refractivity contribution is 7.89. The lowest BCUT2D eigenvalue weighted by Gasteiger charge is -2.23. The molecule has 0 saturated heterocycles. The maximum Gasteiger partial charge on any atom is 0.240 e. The summed E-state index contributed by atoms with van der Waals surface area (Å²) < 4.78 is 44.1. The third-order valence-corrected chi connectivity index (χ3v) is 4.16. The third kappa shape index (κ3) is 4.71. The minimum atomic E-state index is -3.86. The van der Waals surface area contributed by atoms with E-state index in [2.05, 4.69) is 4.72 Å². The van der Waals surface area contributed by atoms with Gasteiger partial charge in [0.1, 0.15) is 5.82 Å². The number of sulfonamides is 1. The fourth-order valence-corrected chi connectivity index (χ4v) is 2.63. The van der Waals surface area contributed by atoms with Crippen LogP contribution in [0.3, 0.4) is 0 Å². The van der Waals surface area contributed by atoms with Crippen LogP contribution >= 0.6 is 0 Å². The van der Waals surface area contributed by atoms with Crippen molar-refractivity contribution in [2.45, 2.75) is 23.8 Å². The van der Waals surface area contributed by atoms with Crippen molar-refractivity contribution in [2.24, 2.45) is 0 Å². The van der Waals surface area contributed by atoms with E-state index in [1.165, 1.54) is 14.0 Å². The van der Waals surface area contributed by atoms with Gasteiger partial charge < -0.3 is 15.6 Å². The van der Waals surface area contributed by atoms with Crippen LogP contribution in [0.2, 0.25) is 0 Å². The molecule has 1 aromatic rings. The summed E-state index contributed by atoms with van der Waals surface area (Å²) >= 11 is 0. The Kier molecular flexibility index (Phi) is 5.46. The Hall–Kier alpha value is -1.22. The molecule has 114 valence electrons. The Bertz CT molecular complexity index is 561. The molecule has 0 spiro atoms. The van der Waals surface area contributed by atoms with Crippen molar-refractivity contribution in [2.75, 3.05) is 26.0 Å². The molecule has 1 unspecified atom stereocenters. The summed E-state index contributed by atoms with van der Waals surface area (Å²) in [4.78, 5) is -0.154. The summed E-state index contributed by atoms with van der Waals surface area (Å²) in [5.41, 5.74) is 3.84. The number of nitrogens with two attached hydrogens (primary N) is 1. The minimum Gasteiger partial charge on any atom is -0.396 e. The van der Waals surface area contributed by atoms with Gasteiger partial charge in [0.05, 0.1) is 16.2 Å². The molecule has 0 fully saturated rings. The molecule has 0 heterocycles. The average molecular weight is 306 g/mol. The van der Waals surface area contributed by atoms with Crippen LogP contribution in [0.1, 0.15) is 13.3 Å². The summed E-state index contributed by atoms with van der Waals surface area (Å²) in [6.07, 6.45) is 0.275. The maximum absolute atomic E-state index is 13.0. The number of nitrogen functional groups attached to an aromatic ring is 1.